The average Bonchev–Trinajstić information content (AvgIpc) is 2.89. The molecule has 2 aromatic heterocycles. The maximum absolute atomic E-state index is 6.09. The first-order chi connectivity index (χ1) is 8.83. The zero-order valence-corrected chi connectivity index (χ0v) is 10.3. The molecular formula is C13H11ClN4. The van der Waals surface area contributed by atoms with Crippen LogP contribution < -0.4 is 5.32 Å². The van der Waals surface area contributed by atoms with E-state index >= 15 is 0 Å². The summed E-state index contributed by atoms with van der Waals surface area (Å²) >= 11 is 6.09. The first-order valence-corrected chi connectivity index (χ1v) is 5.97. The SMILES string of the molecule is Clc1cc(NCc2ncc[nH]2)c2ncccc2c1. The normalized spacial score (nSPS) is 10.7. The van der Waals surface area contributed by atoms with Crippen LogP contribution in [0.4, 0.5) is 5.69 Å². The number of pyridine rings is 1. The monoisotopic (exact) mass is 258 g/mol. The summed E-state index contributed by atoms with van der Waals surface area (Å²) in [7, 11) is 0. The number of hydrogen-bond donors (Lipinski definition) is 2. The van der Waals surface area contributed by atoms with Crippen LogP contribution in [0, 0.1) is 0 Å². The third-order valence-electron chi connectivity index (χ3n) is 2.67. The maximum Gasteiger partial charge on any atom is 0.125 e. The molecule has 0 bridgehead atoms. The standard InChI is InChI=1S/C13H11ClN4/c14-10-6-9-2-1-3-17-13(9)11(7-10)18-8-12-15-4-5-16-12/h1-7,18H,8H2,(H,15,16). The molecule has 0 fully saturated rings. The van der Waals surface area contributed by atoms with Gasteiger partial charge in [0.05, 0.1) is 17.7 Å². The van der Waals surface area contributed by atoms with Crippen molar-refractivity contribution in [3.05, 3.63) is 53.7 Å². The Hall–Kier alpha value is -2.07. The molecule has 0 aliphatic heterocycles. The smallest absolute Gasteiger partial charge is 0.125 e. The van der Waals surface area contributed by atoms with Gasteiger partial charge in [-0.3, -0.25) is 4.98 Å². The van der Waals surface area contributed by atoms with Crippen molar-refractivity contribution in [1.82, 2.24) is 15.0 Å². The summed E-state index contributed by atoms with van der Waals surface area (Å²) in [6.45, 7) is 0.610. The molecule has 3 rings (SSSR count). The van der Waals surface area contributed by atoms with Crippen LogP contribution >= 0.6 is 11.6 Å². The molecule has 2 heterocycles. The highest BCUT2D eigenvalue weighted by Gasteiger charge is 2.04. The van der Waals surface area contributed by atoms with Gasteiger partial charge in [0.1, 0.15) is 5.82 Å². The van der Waals surface area contributed by atoms with Crippen molar-refractivity contribution < 1.29 is 0 Å². The number of hydrogen-bond acceptors (Lipinski definition) is 3. The van der Waals surface area contributed by atoms with E-state index < -0.39 is 0 Å². The lowest BCUT2D eigenvalue weighted by atomic mass is 10.2. The van der Waals surface area contributed by atoms with Crippen molar-refractivity contribution in [2.75, 3.05) is 5.32 Å². The number of anilines is 1. The van der Waals surface area contributed by atoms with Crippen LogP contribution in [0.2, 0.25) is 5.02 Å². The van der Waals surface area contributed by atoms with Gasteiger partial charge in [-0.2, -0.15) is 0 Å². The number of imidazole rings is 1. The van der Waals surface area contributed by atoms with E-state index in [1.165, 1.54) is 0 Å². The summed E-state index contributed by atoms with van der Waals surface area (Å²) in [5, 5.41) is 5.00. The van der Waals surface area contributed by atoms with Crippen molar-refractivity contribution in [1.29, 1.82) is 0 Å². The van der Waals surface area contributed by atoms with Crippen molar-refractivity contribution in [3.63, 3.8) is 0 Å². The lowest BCUT2D eigenvalue weighted by Crippen LogP contribution is -2.02. The molecule has 0 saturated heterocycles. The van der Waals surface area contributed by atoms with Gasteiger partial charge in [-0.15, -0.1) is 0 Å². The molecule has 0 saturated carbocycles. The Kier molecular flexibility index (Phi) is 2.86. The minimum Gasteiger partial charge on any atom is -0.376 e. The fourth-order valence-electron chi connectivity index (χ4n) is 1.86. The Morgan fingerprint density at radius 1 is 1.22 bits per heavy atom. The van der Waals surface area contributed by atoms with E-state index in [2.05, 4.69) is 20.3 Å². The number of aromatic nitrogens is 3. The zero-order chi connectivity index (χ0) is 12.4. The first-order valence-electron chi connectivity index (χ1n) is 5.59. The number of halogens is 1. The summed E-state index contributed by atoms with van der Waals surface area (Å²) in [6.07, 6.45) is 5.30. The molecule has 18 heavy (non-hydrogen) atoms. The van der Waals surface area contributed by atoms with E-state index in [4.69, 9.17) is 11.6 Å². The number of rotatable bonds is 3. The fraction of sp³-hybridized carbons (Fsp3) is 0.0769. The largest absolute Gasteiger partial charge is 0.376 e. The van der Waals surface area contributed by atoms with Crippen LogP contribution in [0.15, 0.2) is 42.9 Å². The van der Waals surface area contributed by atoms with Crippen LogP contribution in [0.25, 0.3) is 10.9 Å². The molecule has 0 unspecified atom stereocenters. The molecule has 0 aliphatic carbocycles. The highest BCUT2D eigenvalue weighted by molar-refractivity contribution is 6.31. The quantitative estimate of drug-likeness (QED) is 0.758. The Bertz CT molecular complexity index is 664. The second-order valence-corrected chi connectivity index (χ2v) is 4.35. The number of nitrogens with one attached hydrogen (secondary N) is 2. The number of H-pyrrole nitrogens is 1. The molecule has 90 valence electrons. The maximum atomic E-state index is 6.09. The van der Waals surface area contributed by atoms with Crippen LogP contribution in [-0.4, -0.2) is 15.0 Å². The van der Waals surface area contributed by atoms with E-state index in [9.17, 15) is 0 Å². The number of nitrogens with zero attached hydrogens (tertiary/aromatic N) is 2. The highest BCUT2D eigenvalue weighted by Crippen LogP contribution is 2.26. The van der Waals surface area contributed by atoms with Crippen molar-refractivity contribution in [3.8, 4) is 0 Å². The summed E-state index contributed by atoms with van der Waals surface area (Å²) < 4.78 is 0. The average molecular weight is 259 g/mol. The lowest BCUT2D eigenvalue weighted by molar-refractivity contribution is 1.00. The third kappa shape index (κ3) is 2.15. The Morgan fingerprint density at radius 2 is 2.17 bits per heavy atom. The molecule has 0 atom stereocenters. The fourth-order valence-corrected chi connectivity index (χ4v) is 2.09. The molecule has 0 spiro atoms. The molecule has 0 radical (unpaired) electrons. The van der Waals surface area contributed by atoms with Gasteiger partial charge in [-0.05, 0) is 18.2 Å². The van der Waals surface area contributed by atoms with Crippen LogP contribution in [0.1, 0.15) is 5.82 Å². The minimum atomic E-state index is 0.610. The van der Waals surface area contributed by atoms with Gasteiger partial charge in [0.15, 0.2) is 0 Å². The molecule has 0 amide bonds. The van der Waals surface area contributed by atoms with E-state index in [0.717, 1.165) is 22.4 Å². The summed E-state index contributed by atoms with van der Waals surface area (Å²) in [5.74, 6) is 0.874. The Morgan fingerprint density at radius 3 is 3.00 bits per heavy atom. The van der Waals surface area contributed by atoms with Crippen molar-refractivity contribution >= 4 is 28.2 Å². The second kappa shape index (κ2) is 4.66. The van der Waals surface area contributed by atoms with Crippen LogP contribution in [0.3, 0.4) is 0 Å². The molecule has 5 heteroatoms. The molecule has 4 nitrogen and oxygen atoms in total. The molecule has 2 N–H and O–H groups in total. The van der Waals surface area contributed by atoms with Crippen molar-refractivity contribution in [2.45, 2.75) is 6.54 Å². The second-order valence-electron chi connectivity index (χ2n) is 3.92. The highest BCUT2D eigenvalue weighted by atomic mass is 35.5. The summed E-state index contributed by atoms with van der Waals surface area (Å²) in [6, 6.07) is 7.67. The van der Waals surface area contributed by atoms with Gasteiger partial charge in [-0.25, -0.2) is 4.98 Å². The van der Waals surface area contributed by atoms with Gasteiger partial charge in [0.2, 0.25) is 0 Å². The summed E-state index contributed by atoms with van der Waals surface area (Å²) in [4.78, 5) is 11.6. The topological polar surface area (TPSA) is 53.6 Å². The first kappa shape index (κ1) is 11.0. The van der Waals surface area contributed by atoms with Crippen LogP contribution in [0.5, 0.6) is 0 Å². The Balaban J connectivity index is 1.95. The lowest BCUT2D eigenvalue weighted by Gasteiger charge is -2.08. The molecular weight excluding hydrogens is 248 g/mol. The van der Waals surface area contributed by atoms with E-state index in [1.54, 1.807) is 18.6 Å². The number of benzene rings is 1. The molecule has 3 aromatic rings. The molecule has 1 aromatic carbocycles. The van der Waals surface area contributed by atoms with Gasteiger partial charge in [0.25, 0.3) is 0 Å². The number of aromatic amines is 1. The Labute approximate surface area is 109 Å². The third-order valence-corrected chi connectivity index (χ3v) is 2.89. The predicted octanol–water partition coefficient (Wildman–Crippen LogP) is 3.22. The number of fused-ring (bicyclic) bond motifs is 1. The van der Waals surface area contributed by atoms with Gasteiger partial charge in [0, 0.05) is 29.0 Å². The predicted molar refractivity (Wildman–Crippen MR) is 72.7 cm³/mol. The summed E-state index contributed by atoms with van der Waals surface area (Å²) in [5.41, 5.74) is 1.82. The molecule has 0 aliphatic rings. The van der Waals surface area contributed by atoms with Gasteiger partial charge >= 0.3 is 0 Å². The zero-order valence-electron chi connectivity index (χ0n) is 9.52. The van der Waals surface area contributed by atoms with E-state index in [0.29, 0.717) is 11.6 Å². The van der Waals surface area contributed by atoms with Gasteiger partial charge < -0.3 is 10.3 Å². The van der Waals surface area contributed by atoms with Gasteiger partial charge in [-0.1, -0.05) is 17.7 Å². The van der Waals surface area contributed by atoms with Crippen molar-refractivity contribution in [2.24, 2.45) is 0 Å². The van der Waals surface area contributed by atoms with E-state index in [1.807, 2.05) is 24.3 Å². The minimum absolute atomic E-state index is 0.610. The van der Waals surface area contributed by atoms with E-state index in [-0.39, 0.29) is 0 Å². The van der Waals surface area contributed by atoms with Crippen LogP contribution in [-0.2, 0) is 6.54 Å².